The molecule has 1 aliphatic rings. The first-order valence-corrected chi connectivity index (χ1v) is 6.14. The fraction of sp³-hybridized carbons (Fsp3) is 0.267. The van der Waals surface area contributed by atoms with Crippen LogP contribution in [0.25, 0.3) is 5.57 Å². The van der Waals surface area contributed by atoms with Crippen molar-refractivity contribution >= 4 is 11.3 Å². The first-order valence-electron chi connectivity index (χ1n) is 6.14. The second-order valence-corrected chi connectivity index (χ2v) is 4.64. The zero-order valence-corrected chi connectivity index (χ0v) is 11.2. The van der Waals surface area contributed by atoms with Crippen LogP contribution in [0.5, 0.6) is 0 Å². The standard InChI is InChI=1S/C15H15F3NO/c1-19(2)13-8-6-11(7-9-13)12-4-3-5-14(10-12)20-15(16,17)18/h4-10H,3H2,1-2H3. The molecule has 0 N–H and O–H groups in total. The fourth-order valence-corrected chi connectivity index (χ4v) is 1.93. The Bertz CT molecular complexity index is 527. The van der Waals surface area contributed by atoms with Crippen LogP contribution in [0.3, 0.4) is 0 Å². The number of allylic oxidation sites excluding steroid dienone is 3. The molecule has 1 radical (unpaired) electrons. The second kappa shape index (κ2) is 5.61. The van der Waals surface area contributed by atoms with Gasteiger partial charge in [0.2, 0.25) is 0 Å². The van der Waals surface area contributed by atoms with E-state index in [2.05, 4.69) is 4.74 Å². The quantitative estimate of drug-likeness (QED) is 0.825. The van der Waals surface area contributed by atoms with Gasteiger partial charge in [0.25, 0.3) is 0 Å². The van der Waals surface area contributed by atoms with Crippen molar-refractivity contribution in [2.24, 2.45) is 0 Å². The third kappa shape index (κ3) is 3.79. The molecule has 20 heavy (non-hydrogen) atoms. The Morgan fingerprint density at radius 1 is 1.10 bits per heavy atom. The summed E-state index contributed by atoms with van der Waals surface area (Å²) < 4.78 is 40.6. The number of alkyl halides is 3. The van der Waals surface area contributed by atoms with Gasteiger partial charge in [0, 0.05) is 19.8 Å². The Hall–Kier alpha value is -1.91. The van der Waals surface area contributed by atoms with Gasteiger partial charge in [-0.25, -0.2) is 0 Å². The maximum Gasteiger partial charge on any atom is 0.573 e. The van der Waals surface area contributed by atoms with Gasteiger partial charge in [-0.05, 0) is 48.3 Å². The Labute approximate surface area is 116 Å². The minimum Gasteiger partial charge on any atom is -0.406 e. The highest BCUT2D eigenvalue weighted by atomic mass is 19.4. The van der Waals surface area contributed by atoms with Crippen molar-refractivity contribution < 1.29 is 17.9 Å². The number of halogens is 3. The number of hydrogen-bond donors (Lipinski definition) is 0. The molecule has 0 heterocycles. The zero-order chi connectivity index (χ0) is 14.8. The van der Waals surface area contributed by atoms with Gasteiger partial charge >= 0.3 is 6.36 Å². The Morgan fingerprint density at radius 3 is 2.30 bits per heavy atom. The Morgan fingerprint density at radius 2 is 1.75 bits per heavy atom. The maximum atomic E-state index is 12.2. The van der Waals surface area contributed by atoms with Crippen LogP contribution in [-0.4, -0.2) is 20.5 Å². The van der Waals surface area contributed by atoms with E-state index >= 15 is 0 Å². The molecule has 2 rings (SSSR count). The first kappa shape index (κ1) is 14.5. The monoisotopic (exact) mass is 282 g/mol. The minimum atomic E-state index is -4.65. The Kier molecular flexibility index (Phi) is 4.06. The van der Waals surface area contributed by atoms with Gasteiger partial charge in [-0.2, -0.15) is 0 Å². The van der Waals surface area contributed by atoms with Gasteiger partial charge in [0.15, 0.2) is 0 Å². The van der Waals surface area contributed by atoms with Gasteiger partial charge in [-0.3, -0.25) is 0 Å². The summed E-state index contributed by atoms with van der Waals surface area (Å²) in [6, 6.07) is 7.61. The highest BCUT2D eigenvalue weighted by Gasteiger charge is 2.32. The molecule has 0 aliphatic heterocycles. The van der Waals surface area contributed by atoms with Crippen molar-refractivity contribution in [2.75, 3.05) is 19.0 Å². The van der Waals surface area contributed by atoms with Crippen molar-refractivity contribution in [1.82, 2.24) is 0 Å². The summed E-state index contributed by atoms with van der Waals surface area (Å²) in [5.74, 6) is -0.160. The molecule has 0 unspecified atom stereocenters. The molecule has 2 nitrogen and oxygen atoms in total. The first-order chi connectivity index (χ1) is 9.35. The molecule has 0 spiro atoms. The summed E-state index contributed by atoms with van der Waals surface area (Å²) in [4.78, 5) is 1.96. The lowest BCUT2D eigenvalue weighted by Crippen LogP contribution is -2.13. The summed E-state index contributed by atoms with van der Waals surface area (Å²) in [5, 5.41) is 0. The van der Waals surface area contributed by atoms with Gasteiger partial charge in [0.1, 0.15) is 5.76 Å². The number of hydrogen-bond acceptors (Lipinski definition) is 2. The van der Waals surface area contributed by atoms with E-state index in [1.54, 1.807) is 0 Å². The predicted molar refractivity (Wildman–Crippen MR) is 72.9 cm³/mol. The van der Waals surface area contributed by atoms with E-state index in [1.807, 2.05) is 49.7 Å². The Balaban J connectivity index is 2.18. The SMILES string of the molecule is CN(C)c1ccc(C2=CC(OC(F)(F)F)=CC[CH]2)cc1. The van der Waals surface area contributed by atoms with E-state index in [9.17, 15) is 13.2 Å². The average molecular weight is 282 g/mol. The van der Waals surface area contributed by atoms with E-state index in [-0.39, 0.29) is 5.76 Å². The van der Waals surface area contributed by atoms with E-state index < -0.39 is 6.36 Å². The van der Waals surface area contributed by atoms with Crippen LogP contribution < -0.4 is 4.90 Å². The topological polar surface area (TPSA) is 12.5 Å². The fourth-order valence-electron chi connectivity index (χ4n) is 1.93. The molecule has 0 saturated carbocycles. The normalized spacial score (nSPS) is 15.4. The van der Waals surface area contributed by atoms with Crippen LogP contribution in [-0.2, 0) is 4.74 Å². The van der Waals surface area contributed by atoms with E-state index in [0.29, 0.717) is 6.42 Å². The number of ether oxygens (including phenoxy) is 1. The van der Waals surface area contributed by atoms with Crippen LogP contribution in [0, 0.1) is 6.42 Å². The van der Waals surface area contributed by atoms with Gasteiger partial charge in [-0.1, -0.05) is 12.1 Å². The number of anilines is 1. The van der Waals surface area contributed by atoms with E-state index in [1.165, 1.54) is 12.2 Å². The molecule has 0 bridgehead atoms. The smallest absolute Gasteiger partial charge is 0.406 e. The highest BCUT2D eigenvalue weighted by Crippen LogP contribution is 2.30. The molecule has 0 amide bonds. The molecular formula is C15H15F3NO. The number of nitrogens with zero attached hydrogens (tertiary/aromatic N) is 1. The molecule has 5 heteroatoms. The molecule has 0 fully saturated rings. The van der Waals surface area contributed by atoms with Gasteiger partial charge < -0.3 is 9.64 Å². The lowest BCUT2D eigenvalue weighted by Gasteiger charge is -2.17. The largest absolute Gasteiger partial charge is 0.573 e. The minimum absolute atomic E-state index is 0.160. The van der Waals surface area contributed by atoms with Crippen molar-refractivity contribution in [3.05, 3.63) is 54.2 Å². The molecule has 0 atom stereocenters. The number of rotatable bonds is 3. The van der Waals surface area contributed by atoms with Crippen LogP contribution in [0.1, 0.15) is 12.0 Å². The summed E-state index contributed by atoms with van der Waals surface area (Å²) in [6.07, 6.45) is 0.451. The van der Waals surface area contributed by atoms with Crippen LogP contribution in [0.2, 0.25) is 0 Å². The number of benzene rings is 1. The van der Waals surface area contributed by atoms with Crippen molar-refractivity contribution in [1.29, 1.82) is 0 Å². The lowest BCUT2D eigenvalue weighted by molar-refractivity contribution is -0.303. The van der Waals surface area contributed by atoms with Crippen LogP contribution in [0.15, 0.2) is 42.2 Å². The molecule has 0 aromatic heterocycles. The molecule has 107 valence electrons. The summed E-state index contributed by atoms with van der Waals surface area (Å²) in [5.41, 5.74) is 2.64. The molecule has 1 aromatic carbocycles. The molecule has 0 saturated heterocycles. The maximum absolute atomic E-state index is 12.2. The zero-order valence-electron chi connectivity index (χ0n) is 11.2. The third-order valence-electron chi connectivity index (χ3n) is 2.91. The van der Waals surface area contributed by atoms with E-state index in [0.717, 1.165) is 16.8 Å². The van der Waals surface area contributed by atoms with Crippen LogP contribution >= 0.6 is 0 Å². The van der Waals surface area contributed by atoms with Crippen molar-refractivity contribution in [2.45, 2.75) is 12.8 Å². The average Bonchev–Trinajstić information content (AvgIpc) is 2.37. The van der Waals surface area contributed by atoms with Crippen molar-refractivity contribution in [3.63, 3.8) is 0 Å². The second-order valence-electron chi connectivity index (χ2n) is 4.64. The third-order valence-corrected chi connectivity index (χ3v) is 2.91. The summed E-state index contributed by atoms with van der Waals surface area (Å²) in [6.45, 7) is 0. The van der Waals surface area contributed by atoms with Gasteiger partial charge in [-0.15, -0.1) is 13.2 Å². The molecular weight excluding hydrogens is 267 g/mol. The predicted octanol–water partition coefficient (Wildman–Crippen LogP) is 4.16. The molecule has 1 aromatic rings. The van der Waals surface area contributed by atoms with Crippen molar-refractivity contribution in [3.8, 4) is 0 Å². The summed E-state index contributed by atoms with van der Waals surface area (Å²) >= 11 is 0. The lowest BCUT2D eigenvalue weighted by atomic mass is 9.96. The highest BCUT2D eigenvalue weighted by molar-refractivity contribution is 5.76. The summed E-state index contributed by atoms with van der Waals surface area (Å²) in [7, 11) is 3.86. The van der Waals surface area contributed by atoms with Crippen LogP contribution in [0.4, 0.5) is 18.9 Å². The van der Waals surface area contributed by atoms with E-state index in [4.69, 9.17) is 0 Å². The molecule has 1 aliphatic carbocycles. The van der Waals surface area contributed by atoms with Gasteiger partial charge in [0.05, 0.1) is 0 Å².